The quantitative estimate of drug-likeness (QED) is 0.928. The van der Waals surface area contributed by atoms with Crippen LogP contribution >= 0.6 is 0 Å². The molecule has 1 unspecified atom stereocenters. The molecule has 21 heavy (non-hydrogen) atoms. The monoisotopic (exact) mass is 286 g/mol. The molecule has 0 bridgehead atoms. The van der Waals surface area contributed by atoms with Crippen LogP contribution in [0, 0.1) is 5.41 Å². The molecule has 1 atom stereocenters. The zero-order valence-corrected chi connectivity index (χ0v) is 13.0. The fourth-order valence-electron chi connectivity index (χ4n) is 4.19. The second-order valence-corrected chi connectivity index (χ2v) is 6.71. The van der Waals surface area contributed by atoms with Crippen molar-refractivity contribution in [3.63, 3.8) is 0 Å². The summed E-state index contributed by atoms with van der Waals surface area (Å²) in [6, 6.07) is 8.76. The Bertz CT molecular complexity index is 520. The summed E-state index contributed by atoms with van der Waals surface area (Å²) in [6.07, 6.45) is 7.56. The second-order valence-electron chi connectivity index (χ2n) is 6.71. The molecular formula is C18H26N2O. The molecule has 0 aromatic heterocycles. The third-order valence-electron chi connectivity index (χ3n) is 5.54. The molecular weight excluding hydrogens is 260 g/mol. The van der Waals surface area contributed by atoms with Crippen molar-refractivity contribution in [2.24, 2.45) is 11.1 Å². The number of rotatable bonds is 3. The number of benzene rings is 1. The predicted molar refractivity (Wildman–Crippen MR) is 84.8 cm³/mol. The van der Waals surface area contributed by atoms with Gasteiger partial charge in [0, 0.05) is 13.6 Å². The Kier molecular flexibility index (Phi) is 4.03. The van der Waals surface area contributed by atoms with Gasteiger partial charge in [-0.2, -0.15) is 0 Å². The summed E-state index contributed by atoms with van der Waals surface area (Å²) in [4.78, 5) is 15.1. The average molecular weight is 286 g/mol. The van der Waals surface area contributed by atoms with Crippen molar-refractivity contribution in [1.29, 1.82) is 0 Å². The number of amides is 1. The van der Waals surface area contributed by atoms with Crippen molar-refractivity contribution in [3.05, 3.63) is 35.4 Å². The van der Waals surface area contributed by atoms with Crippen molar-refractivity contribution < 1.29 is 4.79 Å². The minimum absolute atomic E-state index is 0.235. The molecule has 1 amide bonds. The molecule has 0 heterocycles. The molecule has 1 aromatic rings. The molecule has 0 saturated heterocycles. The van der Waals surface area contributed by atoms with Crippen LogP contribution in [0.15, 0.2) is 24.3 Å². The number of hydrogen-bond acceptors (Lipinski definition) is 2. The first-order chi connectivity index (χ1) is 10.2. The lowest BCUT2D eigenvalue weighted by atomic mass is 9.73. The number of fused-ring (bicyclic) bond motifs is 1. The zero-order valence-electron chi connectivity index (χ0n) is 13.0. The third-order valence-corrected chi connectivity index (χ3v) is 5.54. The summed E-state index contributed by atoms with van der Waals surface area (Å²) in [7, 11) is 1.97. The van der Waals surface area contributed by atoms with Gasteiger partial charge in [0.1, 0.15) is 0 Å². The van der Waals surface area contributed by atoms with E-state index in [1.807, 2.05) is 11.9 Å². The van der Waals surface area contributed by atoms with Crippen LogP contribution in [0.25, 0.3) is 0 Å². The standard InChI is InChI=1S/C18H26N2O/c1-20(16-10-9-14-7-3-4-8-15(14)16)17(21)18(13-19)11-5-2-6-12-18/h3-4,7-8,16H,2,5-6,9-13,19H2,1H3. The fourth-order valence-corrected chi connectivity index (χ4v) is 4.19. The van der Waals surface area contributed by atoms with Crippen LogP contribution in [0.4, 0.5) is 0 Å². The normalized spacial score (nSPS) is 23.6. The molecule has 1 saturated carbocycles. The number of hydrogen-bond donors (Lipinski definition) is 1. The molecule has 2 aliphatic carbocycles. The summed E-state index contributed by atoms with van der Waals surface area (Å²) < 4.78 is 0. The van der Waals surface area contributed by atoms with E-state index in [1.54, 1.807) is 0 Å². The van der Waals surface area contributed by atoms with Crippen LogP contribution in [0.3, 0.4) is 0 Å². The number of carbonyl (C=O) groups is 1. The van der Waals surface area contributed by atoms with Crippen molar-refractivity contribution in [2.75, 3.05) is 13.6 Å². The molecule has 0 aliphatic heterocycles. The van der Waals surface area contributed by atoms with E-state index in [1.165, 1.54) is 17.5 Å². The van der Waals surface area contributed by atoms with Crippen molar-refractivity contribution in [1.82, 2.24) is 4.90 Å². The molecule has 3 nitrogen and oxygen atoms in total. The van der Waals surface area contributed by atoms with Crippen LogP contribution in [-0.4, -0.2) is 24.4 Å². The van der Waals surface area contributed by atoms with Crippen LogP contribution < -0.4 is 5.73 Å². The van der Waals surface area contributed by atoms with Crippen LogP contribution in [-0.2, 0) is 11.2 Å². The van der Waals surface area contributed by atoms with E-state index in [2.05, 4.69) is 24.3 Å². The van der Waals surface area contributed by atoms with Gasteiger partial charge in [0.05, 0.1) is 11.5 Å². The van der Waals surface area contributed by atoms with Gasteiger partial charge in [-0.15, -0.1) is 0 Å². The molecule has 1 aromatic carbocycles. The van der Waals surface area contributed by atoms with E-state index in [0.717, 1.165) is 38.5 Å². The minimum atomic E-state index is -0.301. The Labute approximate surface area is 127 Å². The highest BCUT2D eigenvalue weighted by Crippen LogP contribution is 2.41. The Balaban J connectivity index is 1.82. The van der Waals surface area contributed by atoms with Gasteiger partial charge >= 0.3 is 0 Å². The first-order valence-electron chi connectivity index (χ1n) is 8.23. The molecule has 114 valence electrons. The molecule has 3 heteroatoms. The fraction of sp³-hybridized carbons (Fsp3) is 0.611. The maximum Gasteiger partial charge on any atom is 0.230 e. The molecule has 2 N–H and O–H groups in total. The smallest absolute Gasteiger partial charge is 0.230 e. The maximum atomic E-state index is 13.1. The van der Waals surface area contributed by atoms with Crippen LogP contribution in [0.2, 0.25) is 0 Å². The van der Waals surface area contributed by atoms with E-state index in [0.29, 0.717) is 6.54 Å². The lowest BCUT2D eigenvalue weighted by molar-refractivity contribution is -0.144. The molecule has 0 spiro atoms. The predicted octanol–water partition coefficient (Wildman–Crippen LogP) is 3.04. The van der Waals surface area contributed by atoms with E-state index in [-0.39, 0.29) is 17.4 Å². The Morgan fingerprint density at radius 1 is 1.29 bits per heavy atom. The van der Waals surface area contributed by atoms with Gasteiger partial charge in [-0.3, -0.25) is 4.79 Å². The van der Waals surface area contributed by atoms with E-state index in [4.69, 9.17) is 5.73 Å². The number of nitrogens with two attached hydrogens (primary N) is 1. The van der Waals surface area contributed by atoms with Gasteiger partial charge in [0.2, 0.25) is 5.91 Å². The van der Waals surface area contributed by atoms with E-state index < -0.39 is 0 Å². The van der Waals surface area contributed by atoms with Gasteiger partial charge in [0.25, 0.3) is 0 Å². The Morgan fingerprint density at radius 3 is 2.71 bits per heavy atom. The minimum Gasteiger partial charge on any atom is -0.338 e. The lowest BCUT2D eigenvalue weighted by Gasteiger charge is -2.40. The lowest BCUT2D eigenvalue weighted by Crippen LogP contribution is -2.48. The molecule has 2 aliphatic rings. The van der Waals surface area contributed by atoms with E-state index >= 15 is 0 Å². The van der Waals surface area contributed by atoms with Crippen molar-refractivity contribution in [2.45, 2.75) is 51.0 Å². The summed E-state index contributed by atoms with van der Waals surface area (Å²) >= 11 is 0. The van der Waals surface area contributed by atoms with Crippen LogP contribution in [0.5, 0.6) is 0 Å². The number of carbonyl (C=O) groups excluding carboxylic acids is 1. The SMILES string of the molecule is CN(C(=O)C1(CN)CCCCC1)C1CCc2ccccc21. The first kappa shape index (κ1) is 14.6. The zero-order chi connectivity index (χ0) is 14.9. The molecule has 0 radical (unpaired) electrons. The van der Waals surface area contributed by atoms with E-state index in [9.17, 15) is 4.79 Å². The Hall–Kier alpha value is -1.35. The summed E-state index contributed by atoms with van der Waals surface area (Å²) in [5.41, 5.74) is 8.45. The topological polar surface area (TPSA) is 46.3 Å². The number of nitrogens with zero attached hydrogens (tertiary/aromatic N) is 1. The summed E-state index contributed by atoms with van der Waals surface area (Å²) in [6.45, 7) is 0.491. The summed E-state index contributed by atoms with van der Waals surface area (Å²) in [5.74, 6) is 0.270. The van der Waals surface area contributed by atoms with Gasteiger partial charge < -0.3 is 10.6 Å². The Morgan fingerprint density at radius 2 is 2.00 bits per heavy atom. The van der Waals surface area contributed by atoms with Gasteiger partial charge in [-0.05, 0) is 36.8 Å². The largest absolute Gasteiger partial charge is 0.338 e. The molecule has 3 rings (SSSR count). The van der Waals surface area contributed by atoms with Gasteiger partial charge in [-0.25, -0.2) is 0 Å². The van der Waals surface area contributed by atoms with Gasteiger partial charge in [-0.1, -0.05) is 43.5 Å². The number of aryl methyl sites for hydroxylation is 1. The van der Waals surface area contributed by atoms with Crippen LogP contribution in [0.1, 0.15) is 55.7 Å². The first-order valence-corrected chi connectivity index (χ1v) is 8.23. The highest BCUT2D eigenvalue weighted by Gasteiger charge is 2.42. The second kappa shape index (κ2) is 5.80. The summed E-state index contributed by atoms with van der Waals surface area (Å²) in [5, 5.41) is 0. The molecule has 1 fully saturated rings. The highest BCUT2D eigenvalue weighted by molar-refractivity contribution is 5.83. The van der Waals surface area contributed by atoms with Gasteiger partial charge in [0.15, 0.2) is 0 Å². The van der Waals surface area contributed by atoms with Crippen molar-refractivity contribution >= 4 is 5.91 Å². The maximum absolute atomic E-state index is 13.1. The highest BCUT2D eigenvalue weighted by atomic mass is 16.2. The van der Waals surface area contributed by atoms with Crippen molar-refractivity contribution in [3.8, 4) is 0 Å². The average Bonchev–Trinajstić information content (AvgIpc) is 2.98. The third kappa shape index (κ3) is 2.48.